The van der Waals surface area contributed by atoms with Gasteiger partial charge in [-0.25, -0.2) is 38.7 Å². The summed E-state index contributed by atoms with van der Waals surface area (Å²) in [5, 5.41) is 0.415. The number of nitrogens with zero attached hydrogens (tertiary/aromatic N) is 10. The lowest BCUT2D eigenvalue weighted by Crippen LogP contribution is -2.39. The molecule has 0 radical (unpaired) electrons. The summed E-state index contributed by atoms with van der Waals surface area (Å²) in [4.78, 5) is 36.4. The van der Waals surface area contributed by atoms with Crippen LogP contribution in [0.15, 0.2) is 67.5 Å². The first kappa shape index (κ1) is 33.4. The molecule has 1 aromatic carbocycles. The zero-order valence-electron chi connectivity index (χ0n) is 26.2. The largest absolute Gasteiger partial charge is 0.460 e. The second-order valence-corrected chi connectivity index (χ2v) is 11.6. The minimum atomic E-state index is -0.650. The summed E-state index contributed by atoms with van der Waals surface area (Å²) in [5.41, 5.74) is 12.8. The summed E-state index contributed by atoms with van der Waals surface area (Å²) < 4.78 is 37.5. The molecule has 254 valence electrons. The highest BCUT2D eigenvalue weighted by atomic mass is 35.5. The van der Waals surface area contributed by atoms with Crippen LogP contribution in [0.25, 0.3) is 11.3 Å². The number of anilines is 4. The normalized spacial score (nSPS) is 15.3. The third-order valence-corrected chi connectivity index (χ3v) is 8.12. The topological polar surface area (TPSA) is 180 Å². The van der Waals surface area contributed by atoms with E-state index in [4.69, 9.17) is 32.5 Å². The van der Waals surface area contributed by atoms with Crippen LogP contribution in [0.5, 0.6) is 12.0 Å². The minimum absolute atomic E-state index is 0.0402. The van der Waals surface area contributed by atoms with Crippen molar-refractivity contribution in [2.75, 3.05) is 47.4 Å². The van der Waals surface area contributed by atoms with Crippen LogP contribution < -0.4 is 30.7 Å². The molecular formula is C32H33ClF2N12O2. The van der Waals surface area contributed by atoms with Crippen molar-refractivity contribution in [1.29, 1.82) is 0 Å². The van der Waals surface area contributed by atoms with Gasteiger partial charge in [0.05, 0.1) is 18.1 Å². The molecule has 0 unspecified atom stereocenters. The standard InChI is InChI=1S/C19H19FN6O.C13H14ClFN6O/c20-15-11-22-19(25-18(15)21)27-14-6-8-26(9-7-14)17-10-16(23-12-24-17)13-4-2-1-3-5-13;14-10-5-11(19-7-18-10)21-3-1-8(2-4-21)22-13-17-6-9(15)12(16)20-13/h1-5,10-12,14H,6-9H2,(H2,21,22,25);5-8H,1-4H2,(H2,16,17,20). The number of halogens is 3. The highest BCUT2D eigenvalue weighted by molar-refractivity contribution is 6.29. The second-order valence-electron chi connectivity index (χ2n) is 11.2. The SMILES string of the molecule is Nc1nc(OC2CCN(c3cc(-c4ccccc4)ncn3)CC2)ncc1F.Nc1nc(OC2CCN(c3cc(Cl)ncn3)CC2)ncc1F. The van der Waals surface area contributed by atoms with Gasteiger partial charge in [0.25, 0.3) is 0 Å². The first-order valence-electron chi connectivity index (χ1n) is 15.5. The number of nitrogen functional groups attached to an aromatic ring is 2. The van der Waals surface area contributed by atoms with E-state index in [9.17, 15) is 8.78 Å². The van der Waals surface area contributed by atoms with E-state index < -0.39 is 11.6 Å². The van der Waals surface area contributed by atoms with Gasteiger partial charge in [-0.15, -0.1) is 0 Å². The molecule has 17 heteroatoms. The molecule has 0 aliphatic carbocycles. The average molecular weight is 691 g/mol. The Morgan fingerprint density at radius 2 is 1.14 bits per heavy atom. The first-order chi connectivity index (χ1) is 23.8. The van der Waals surface area contributed by atoms with E-state index in [1.165, 1.54) is 6.33 Å². The molecule has 2 fully saturated rings. The Morgan fingerprint density at radius 1 is 0.653 bits per heavy atom. The Morgan fingerprint density at radius 3 is 1.63 bits per heavy atom. The number of benzene rings is 1. The molecule has 0 atom stereocenters. The highest BCUT2D eigenvalue weighted by Gasteiger charge is 2.24. The first-order valence-corrected chi connectivity index (χ1v) is 15.9. The van der Waals surface area contributed by atoms with Gasteiger partial charge in [0.15, 0.2) is 23.3 Å². The highest BCUT2D eigenvalue weighted by Crippen LogP contribution is 2.25. The average Bonchev–Trinajstić information content (AvgIpc) is 3.13. The molecule has 0 spiro atoms. The van der Waals surface area contributed by atoms with Crippen molar-refractivity contribution in [3.8, 4) is 23.3 Å². The Hall–Kier alpha value is -5.51. The lowest BCUT2D eigenvalue weighted by atomic mass is 10.1. The second kappa shape index (κ2) is 15.6. The van der Waals surface area contributed by atoms with Gasteiger partial charge in [-0.05, 0) is 0 Å². The van der Waals surface area contributed by atoms with Crippen molar-refractivity contribution >= 4 is 34.9 Å². The Kier molecular flexibility index (Phi) is 10.6. The molecule has 49 heavy (non-hydrogen) atoms. The fourth-order valence-electron chi connectivity index (χ4n) is 5.33. The monoisotopic (exact) mass is 690 g/mol. The summed E-state index contributed by atoms with van der Waals surface area (Å²) in [5.74, 6) is -0.0202. The van der Waals surface area contributed by atoms with E-state index in [1.54, 1.807) is 12.4 Å². The van der Waals surface area contributed by atoms with Crippen LogP contribution in [0.4, 0.5) is 32.1 Å². The molecule has 0 saturated carbocycles. The molecule has 2 aliphatic rings. The molecular weight excluding hydrogens is 658 g/mol. The molecule has 2 aliphatic heterocycles. The van der Waals surface area contributed by atoms with Crippen LogP contribution in [-0.4, -0.2) is 78.3 Å². The number of nitrogens with two attached hydrogens (primary N) is 2. The van der Waals surface area contributed by atoms with Crippen LogP contribution in [0.3, 0.4) is 0 Å². The van der Waals surface area contributed by atoms with Crippen molar-refractivity contribution < 1.29 is 18.3 Å². The summed E-state index contributed by atoms with van der Waals surface area (Å²) >= 11 is 5.87. The fourth-order valence-corrected chi connectivity index (χ4v) is 5.47. The van der Waals surface area contributed by atoms with Crippen LogP contribution in [0, 0.1) is 11.6 Å². The number of hydrogen-bond donors (Lipinski definition) is 2. The number of piperidine rings is 2. The molecule has 4 aromatic heterocycles. The Labute approximate surface area is 285 Å². The summed E-state index contributed by atoms with van der Waals surface area (Å²) in [7, 11) is 0. The summed E-state index contributed by atoms with van der Waals surface area (Å²) in [6.07, 6.45) is 8.08. The smallest absolute Gasteiger partial charge is 0.318 e. The van der Waals surface area contributed by atoms with E-state index in [2.05, 4.69) is 49.7 Å². The van der Waals surface area contributed by atoms with Crippen LogP contribution in [0.1, 0.15) is 25.7 Å². The van der Waals surface area contributed by atoms with Gasteiger partial charge in [-0.1, -0.05) is 41.9 Å². The van der Waals surface area contributed by atoms with Crippen molar-refractivity contribution in [2.24, 2.45) is 0 Å². The van der Waals surface area contributed by atoms with Crippen LogP contribution in [0.2, 0.25) is 5.15 Å². The maximum Gasteiger partial charge on any atom is 0.318 e. The third kappa shape index (κ3) is 8.90. The fraction of sp³-hybridized carbons (Fsp3) is 0.312. The zero-order chi connectivity index (χ0) is 34.2. The molecule has 5 aromatic rings. The van der Waals surface area contributed by atoms with Crippen molar-refractivity contribution in [1.82, 2.24) is 39.9 Å². The van der Waals surface area contributed by atoms with Gasteiger partial charge in [-0.3, -0.25) is 0 Å². The quantitative estimate of drug-likeness (QED) is 0.230. The lowest BCUT2D eigenvalue weighted by Gasteiger charge is -2.32. The Balaban J connectivity index is 0.000000174. The van der Waals surface area contributed by atoms with Gasteiger partial charge in [0, 0.05) is 69.6 Å². The molecule has 0 amide bonds. The minimum Gasteiger partial charge on any atom is -0.460 e. The van der Waals surface area contributed by atoms with Crippen molar-refractivity contribution in [2.45, 2.75) is 37.9 Å². The van der Waals surface area contributed by atoms with Gasteiger partial charge in [0.2, 0.25) is 0 Å². The van der Waals surface area contributed by atoms with E-state index in [-0.39, 0.29) is 35.9 Å². The summed E-state index contributed by atoms with van der Waals surface area (Å²) in [6.45, 7) is 3.09. The van der Waals surface area contributed by atoms with Gasteiger partial charge < -0.3 is 30.7 Å². The molecule has 2 saturated heterocycles. The molecule has 4 N–H and O–H groups in total. The Bertz CT molecular complexity index is 1840. The maximum absolute atomic E-state index is 13.1. The molecule has 7 rings (SSSR count). The number of aromatic nitrogens is 8. The predicted octanol–water partition coefficient (Wildman–Crippen LogP) is 4.39. The number of ether oxygens (including phenoxy) is 2. The van der Waals surface area contributed by atoms with E-state index in [0.717, 1.165) is 87.1 Å². The number of hydrogen-bond acceptors (Lipinski definition) is 14. The third-order valence-electron chi connectivity index (χ3n) is 7.92. The van der Waals surface area contributed by atoms with Crippen molar-refractivity contribution in [3.63, 3.8) is 0 Å². The van der Waals surface area contributed by atoms with Gasteiger partial charge >= 0.3 is 12.0 Å². The molecule has 14 nitrogen and oxygen atoms in total. The molecule has 0 bridgehead atoms. The molecule has 6 heterocycles. The lowest BCUT2D eigenvalue weighted by molar-refractivity contribution is 0.156. The maximum atomic E-state index is 13.1. The van der Waals surface area contributed by atoms with Crippen molar-refractivity contribution in [3.05, 3.63) is 84.3 Å². The van der Waals surface area contributed by atoms with Crippen LogP contribution in [-0.2, 0) is 0 Å². The van der Waals surface area contributed by atoms with E-state index in [1.807, 2.05) is 36.4 Å². The summed E-state index contributed by atoms with van der Waals surface area (Å²) in [6, 6.07) is 14.0. The van der Waals surface area contributed by atoms with Gasteiger partial charge in [0.1, 0.15) is 41.7 Å². The van der Waals surface area contributed by atoms with Crippen LogP contribution >= 0.6 is 11.6 Å². The zero-order valence-corrected chi connectivity index (χ0v) is 27.0. The number of rotatable bonds is 7. The van der Waals surface area contributed by atoms with E-state index >= 15 is 0 Å². The van der Waals surface area contributed by atoms with E-state index in [0.29, 0.717) is 5.15 Å². The predicted molar refractivity (Wildman–Crippen MR) is 179 cm³/mol. The van der Waals surface area contributed by atoms with Gasteiger partial charge in [-0.2, -0.15) is 9.97 Å².